The number of carboxylic acids is 1. The van der Waals surface area contributed by atoms with Crippen LogP contribution in [-0.4, -0.2) is 60.0 Å². The Morgan fingerprint density at radius 3 is 2.19 bits per heavy atom. The van der Waals surface area contributed by atoms with E-state index in [1.807, 2.05) is 30.3 Å². The molecule has 1 aromatic carbocycles. The van der Waals surface area contributed by atoms with Crippen molar-refractivity contribution in [3.63, 3.8) is 0 Å². The first kappa shape index (κ1) is 27.1. The molecular formula is C22H35N5O5. The second-order valence-electron chi connectivity index (χ2n) is 7.98. The molecular weight excluding hydrogens is 414 g/mol. The largest absolute Gasteiger partial charge is 0.480 e. The second-order valence-corrected chi connectivity index (χ2v) is 7.98. The number of rotatable bonds is 14. The molecule has 0 aliphatic rings. The summed E-state index contributed by atoms with van der Waals surface area (Å²) in [4.78, 5) is 48.7. The Labute approximate surface area is 188 Å². The first-order valence-corrected chi connectivity index (χ1v) is 10.8. The van der Waals surface area contributed by atoms with E-state index in [4.69, 9.17) is 16.6 Å². The zero-order chi connectivity index (χ0) is 24.1. The van der Waals surface area contributed by atoms with Crippen LogP contribution in [0.4, 0.5) is 0 Å². The first-order chi connectivity index (χ1) is 15.1. The monoisotopic (exact) mass is 449 g/mol. The van der Waals surface area contributed by atoms with Gasteiger partial charge in [-0.25, -0.2) is 0 Å². The molecule has 1 aromatic rings. The summed E-state index contributed by atoms with van der Waals surface area (Å²) in [5.41, 5.74) is 12.3. The van der Waals surface area contributed by atoms with Gasteiger partial charge in [-0.15, -0.1) is 0 Å². The van der Waals surface area contributed by atoms with Gasteiger partial charge in [-0.3, -0.25) is 19.2 Å². The Morgan fingerprint density at radius 1 is 0.969 bits per heavy atom. The lowest BCUT2D eigenvalue weighted by Gasteiger charge is -2.26. The number of aliphatic carboxylic acids is 1. The highest BCUT2D eigenvalue weighted by molar-refractivity contribution is 5.93. The van der Waals surface area contributed by atoms with Gasteiger partial charge in [0.1, 0.15) is 18.6 Å². The molecule has 178 valence electrons. The van der Waals surface area contributed by atoms with Crippen molar-refractivity contribution in [2.45, 2.75) is 57.7 Å². The molecule has 0 aliphatic heterocycles. The van der Waals surface area contributed by atoms with Gasteiger partial charge in [-0.1, -0.05) is 50.6 Å². The molecule has 8 N–H and O–H groups in total. The molecule has 0 aliphatic carbocycles. The molecule has 10 nitrogen and oxygen atoms in total. The number of nitrogens with two attached hydrogens (primary N) is 2. The summed E-state index contributed by atoms with van der Waals surface area (Å²) < 4.78 is 0. The smallest absolute Gasteiger partial charge is 0.322 e. The van der Waals surface area contributed by atoms with E-state index in [0.717, 1.165) is 12.0 Å². The standard InChI is InChI=1S/C22H35N5O5/c1-14(2)19(22(32)25-13-18(28)29)27-21(31)17(12-15-8-4-3-5-9-15)26-20(30)16(24)10-6-7-11-23/h3-5,8-9,14,16-17,19H,6-7,10-13,23-24H2,1-2H3,(H,25,32)(H,26,30)(H,27,31)(H,28,29)/t16-,17-,19-/m0/s1. The van der Waals surface area contributed by atoms with Crippen LogP contribution in [0.15, 0.2) is 30.3 Å². The van der Waals surface area contributed by atoms with E-state index in [0.29, 0.717) is 19.4 Å². The average Bonchev–Trinajstić information content (AvgIpc) is 2.75. The maximum Gasteiger partial charge on any atom is 0.322 e. The van der Waals surface area contributed by atoms with Gasteiger partial charge in [-0.2, -0.15) is 0 Å². The van der Waals surface area contributed by atoms with Crippen molar-refractivity contribution in [1.82, 2.24) is 16.0 Å². The predicted octanol–water partition coefficient (Wildman–Crippen LogP) is -0.488. The lowest BCUT2D eigenvalue weighted by atomic mass is 10.0. The fraction of sp³-hybridized carbons (Fsp3) is 0.545. The van der Waals surface area contributed by atoms with Crippen molar-refractivity contribution in [3.8, 4) is 0 Å². The van der Waals surface area contributed by atoms with Crippen LogP contribution in [0.3, 0.4) is 0 Å². The SMILES string of the molecule is CC(C)[C@H](NC(=O)[C@H](Cc1ccccc1)NC(=O)[C@@H](N)CCCCN)C(=O)NCC(=O)O. The molecule has 0 fully saturated rings. The predicted molar refractivity (Wildman–Crippen MR) is 120 cm³/mol. The summed E-state index contributed by atoms with van der Waals surface area (Å²) in [5, 5.41) is 16.4. The van der Waals surface area contributed by atoms with E-state index < -0.39 is 48.4 Å². The quantitative estimate of drug-likeness (QED) is 0.208. The summed E-state index contributed by atoms with van der Waals surface area (Å²) in [6.45, 7) is 3.40. The summed E-state index contributed by atoms with van der Waals surface area (Å²) in [7, 11) is 0. The molecule has 3 atom stereocenters. The van der Waals surface area contributed by atoms with E-state index in [2.05, 4.69) is 16.0 Å². The Balaban J connectivity index is 2.93. The molecule has 0 unspecified atom stereocenters. The van der Waals surface area contributed by atoms with Gasteiger partial charge in [0.15, 0.2) is 0 Å². The number of amides is 3. The molecule has 0 spiro atoms. The Bertz CT molecular complexity index is 756. The van der Waals surface area contributed by atoms with Crippen molar-refractivity contribution in [2.75, 3.05) is 13.1 Å². The fourth-order valence-electron chi connectivity index (χ4n) is 3.04. The Hall–Kier alpha value is -2.98. The fourth-order valence-corrected chi connectivity index (χ4v) is 3.04. The van der Waals surface area contributed by atoms with Crippen molar-refractivity contribution in [2.24, 2.45) is 17.4 Å². The van der Waals surface area contributed by atoms with Crippen LogP contribution in [0.1, 0.15) is 38.7 Å². The minimum absolute atomic E-state index is 0.204. The minimum Gasteiger partial charge on any atom is -0.480 e. The highest BCUT2D eigenvalue weighted by Gasteiger charge is 2.30. The number of unbranched alkanes of at least 4 members (excludes halogenated alkanes) is 1. The van der Waals surface area contributed by atoms with Crippen LogP contribution >= 0.6 is 0 Å². The molecule has 0 saturated heterocycles. The number of hydrogen-bond acceptors (Lipinski definition) is 6. The zero-order valence-corrected chi connectivity index (χ0v) is 18.7. The van der Waals surface area contributed by atoms with Gasteiger partial charge in [0.25, 0.3) is 0 Å². The van der Waals surface area contributed by atoms with Crippen LogP contribution in [0.25, 0.3) is 0 Å². The topological polar surface area (TPSA) is 177 Å². The van der Waals surface area contributed by atoms with Crippen LogP contribution in [-0.2, 0) is 25.6 Å². The number of carboxylic acid groups (broad SMARTS) is 1. The van der Waals surface area contributed by atoms with Crippen molar-refractivity contribution < 1.29 is 24.3 Å². The summed E-state index contributed by atoms with van der Waals surface area (Å²) in [6, 6.07) is 6.43. The van der Waals surface area contributed by atoms with E-state index in [1.54, 1.807) is 13.8 Å². The normalized spacial score (nSPS) is 13.7. The van der Waals surface area contributed by atoms with Gasteiger partial charge in [-0.05, 0) is 30.9 Å². The number of nitrogens with one attached hydrogen (secondary N) is 3. The third kappa shape index (κ3) is 9.88. The molecule has 0 bridgehead atoms. The molecule has 32 heavy (non-hydrogen) atoms. The summed E-state index contributed by atoms with van der Waals surface area (Å²) in [5.74, 6) is -3.13. The first-order valence-electron chi connectivity index (χ1n) is 10.8. The highest BCUT2D eigenvalue weighted by Crippen LogP contribution is 2.08. The zero-order valence-electron chi connectivity index (χ0n) is 18.7. The highest BCUT2D eigenvalue weighted by atomic mass is 16.4. The number of carbonyl (C=O) groups is 4. The summed E-state index contributed by atoms with van der Waals surface area (Å²) in [6.07, 6.45) is 2.08. The summed E-state index contributed by atoms with van der Waals surface area (Å²) >= 11 is 0. The Kier molecular flexibility index (Phi) is 12.0. The van der Waals surface area contributed by atoms with Crippen LogP contribution in [0, 0.1) is 5.92 Å². The molecule has 0 heterocycles. The number of carbonyl (C=O) groups excluding carboxylic acids is 3. The Morgan fingerprint density at radius 2 is 1.62 bits per heavy atom. The third-order valence-corrected chi connectivity index (χ3v) is 4.88. The van der Waals surface area contributed by atoms with Gasteiger partial charge in [0.05, 0.1) is 6.04 Å². The van der Waals surface area contributed by atoms with E-state index in [9.17, 15) is 19.2 Å². The number of hydrogen-bond donors (Lipinski definition) is 6. The molecule has 0 radical (unpaired) electrons. The maximum absolute atomic E-state index is 13.0. The lowest BCUT2D eigenvalue weighted by Crippen LogP contribution is -2.57. The van der Waals surface area contributed by atoms with Gasteiger partial charge >= 0.3 is 5.97 Å². The molecule has 1 rings (SSSR count). The van der Waals surface area contributed by atoms with Crippen LogP contribution in [0.2, 0.25) is 0 Å². The number of benzene rings is 1. The molecule has 10 heteroatoms. The van der Waals surface area contributed by atoms with Gasteiger partial charge < -0.3 is 32.5 Å². The molecule has 3 amide bonds. The van der Waals surface area contributed by atoms with E-state index >= 15 is 0 Å². The lowest BCUT2D eigenvalue weighted by molar-refractivity contribution is -0.139. The third-order valence-electron chi connectivity index (χ3n) is 4.88. The van der Waals surface area contributed by atoms with Gasteiger partial charge in [0, 0.05) is 6.42 Å². The van der Waals surface area contributed by atoms with Gasteiger partial charge in [0.2, 0.25) is 17.7 Å². The van der Waals surface area contributed by atoms with E-state index in [-0.39, 0.29) is 12.3 Å². The molecule has 0 saturated carbocycles. The van der Waals surface area contributed by atoms with E-state index in [1.165, 1.54) is 0 Å². The van der Waals surface area contributed by atoms with Crippen molar-refractivity contribution in [3.05, 3.63) is 35.9 Å². The minimum atomic E-state index is -1.19. The van der Waals surface area contributed by atoms with Crippen LogP contribution in [0.5, 0.6) is 0 Å². The van der Waals surface area contributed by atoms with Crippen molar-refractivity contribution >= 4 is 23.7 Å². The molecule has 0 aromatic heterocycles. The average molecular weight is 450 g/mol. The van der Waals surface area contributed by atoms with Crippen LogP contribution < -0.4 is 27.4 Å². The second kappa shape index (κ2) is 14.2. The maximum atomic E-state index is 13.0. The van der Waals surface area contributed by atoms with Crippen molar-refractivity contribution in [1.29, 1.82) is 0 Å².